The molecule has 1 aliphatic heterocycles. The molecule has 5 rings (SSSR count). The maximum atomic E-state index is 5.87. The zero-order valence-corrected chi connectivity index (χ0v) is 13.9. The van der Waals surface area contributed by atoms with Gasteiger partial charge in [-0.1, -0.05) is 47.7 Å². The number of benzene rings is 2. The molecule has 5 heteroatoms. The van der Waals surface area contributed by atoms with Crippen molar-refractivity contribution in [3.63, 3.8) is 0 Å². The van der Waals surface area contributed by atoms with Gasteiger partial charge < -0.3 is 10.1 Å². The van der Waals surface area contributed by atoms with E-state index >= 15 is 0 Å². The lowest BCUT2D eigenvalue weighted by molar-refractivity contribution is 0.0278. The third-order valence-electron chi connectivity index (χ3n) is 4.49. The number of nitrogens with zero attached hydrogens (tertiary/aromatic N) is 2. The van der Waals surface area contributed by atoms with Gasteiger partial charge in [0.1, 0.15) is 0 Å². The van der Waals surface area contributed by atoms with Crippen LogP contribution >= 0.6 is 11.3 Å². The molecule has 0 aliphatic carbocycles. The summed E-state index contributed by atoms with van der Waals surface area (Å²) in [6.07, 6.45) is 2.28. The van der Waals surface area contributed by atoms with Gasteiger partial charge >= 0.3 is 0 Å². The minimum absolute atomic E-state index is 0.150. The molecule has 4 nitrogen and oxygen atoms in total. The Balaban J connectivity index is 1.57. The predicted molar refractivity (Wildman–Crippen MR) is 97.6 cm³/mol. The summed E-state index contributed by atoms with van der Waals surface area (Å²) in [5, 5.41) is 3.39. The molecule has 4 aromatic rings. The largest absolute Gasteiger partial charge is 0.371 e. The highest BCUT2D eigenvalue weighted by Gasteiger charge is 2.17. The molecule has 0 radical (unpaired) electrons. The average molecular weight is 335 g/mol. The summed E-state index contributed by atoms with van der Waals surface area (Å²) in [4.78, 5) is 5.83. The molecule has 0 saturated carbocycles. The van der Waals surface area contributed by atoms with E-state index in [4.69, 9.17) is 9.72 Å². The summed E-state index contributed by atoms with van der Waals surface area (Å²) in [5.74, 6) is 0. The van der Waals surface area contributed by atoms with Crippen molar-refractivity contribution in [3.05, 3.63) is 60.3 Å². The molecule has 0 bridgehead atoms. The van der Waals surface area contributed by atoms with Crippen LogP contribution in [0.25, 0.3) is 26.4 Å². The Bertz CT molecular complexity index is 999. The molecular weight excluding hydrogens is 318 g/mol. The lowest BCUT2D eigenvalue weighted by atomic mass is 10.1. The zero-order valence-electron chi connectivity index (χ0n) is 13.1. The second-order valence-corrected chi connectivity index (χ2v) is 7.05. The van der Waals surface area contributed by atoms with E-state index in [1.165, 1.54) is 15.8 Å². The molecule has 1 fully saturated rings. The number of nitrogens with one attached hydrogen (secondary N) is 1. The summed E-state index contributed by atoms with van der Waals surface area (Å²) in [5.41, 5.74) is 4.62. The first kappa shape index (κ1) is 14.2. The molecule has 1 aliphatic rings. The fraction of sp³-hybridized carbons (Fsp3) is 0.211. The van der Waals surface area contributed by atoms with Crippen LogP contribution in [-0.2, 0) is 4.74 Å². The lowest BCUT2D eigenvalue weighted by Crippen LogP contribution is -2.33. The van der Waals surface area contributed by atoms with Crippen molar-refractivity contribution in [3.8, 4) is 11.3 Å². The first-order valence-corrected chi connectivity index (χ1v) is 8.99. The van der Waals surface area contributed by atoms with E-state index in [2.05, 4.69) is 46.2 Å². The maximum absolute atomic E-state index is 5.87. The number of hydrogen-bond acceptors (Lipinski definition) is 4. The quantitative estimate of drug-likeness (QED) is 0.604. The number of imidazole rings is 1. The first-order valence-electron chi connectivity index (χ1n) is 8.18. The van der Waals surface area contributed by atoms with E-state index in [0.29, 0.717) is 0 Å². The second kappa shape index (κ2) is 5.70. The van der Waals surface area contributed by atoms with Crippen molar-refractivity contribution < 1.29 is 4.74 Å². The van der Waals surface area contributed by atoms with Crippen LogP contribution in [0.4, 0.5) is 0 Å². The molecule has 24 heavy (non-hydrogen) atoms. The molecule has 120 valence electrons. The highest BCUT2D eigenvalue weighted by Crippen LogP contribution is 2.32. The van der Waals surface area contributed by atoms with E-state index in [1.54, 1.807) is 11.3 Å². The Morgan fingerprint density at radius 2 is 2.08 bits per heavy atom. The Morgan fingerprint density at radius 3 is 2.92 bits per heavy atom. The van der Waals surface area contributed by atoms with Gasteiger partial charge in [0.05, 0.1) is 28.6 Å². The standard InChI is InChI=1S/C19H17N3OS/c1-2-4-13(5-3-1)15-12-22-16-7-6-14(17-11-20-8-9-23-17)10-18(16)24-19(22)21-15/h1-7,10,12,17,20H,8-9,11H2. The fourth-order valence-corrected chi connectivity index (χ4v) is 4.30. The SMILES string of the molecule is c1ccc(-c2cn3c(n2)sc2cc(C4CNCCO4)ccc23)cc1. The normalized spacial score (nSPS) is 18.4. The molecule has 2 aromatic heterocycles. The minimum atomic E-state index is 0.150. The first-order chi connectivity index (χ1) is 11.9. The van der Waals surface area contributed by atoms with Crippen LogP contribution in [0.3, 0.4) is 0 Å². The lowest BCUT2D eigenvalue weighted by Gasteiger charge is -2.23. The highest BCUT2D eigenvalue weighted by molar-refractivity contribution is 7.23. The Kier molecular flexibility index (Phi) is 3.36. The van der Waals surface area contributed by atoms with Crippen LogP contribution in [0.2, 0.25) is 0 Å². The van der Waals surface area contributed by atoms with Gasteiger partial charge in [0, 0.05) is 24.8 Å². The molecular formula is C19H17N3OS. The number of morpholine rings is 1. The number of fused-ring (bicyclic) bond motifs is 3. The van der Waals surface area contributed by atoms with Gasteiger partial charge in [0.2, 0.25) is 0 Å². The minimum Gasteiger partial charge on any atom is -0.371 e. The van der Waals surface area contributed by atoms with Crippen LogP contribution in [0.1, 0.15) is 11.7 Å². The summed E-state index contributed by atoms with van der Waals surface area (Å²) < 4.78 is 9.31. The molecule has 1 saturated heterocycles. The fourth-order valence-electron chi connectivity index (χ4n) is 3.25. The molecule has 0 amide bonds. The molecule has 3 heterocycles. The molecule has 0 spiro atoms. The van der Waals surface area contributed by atoms with Crippen LogP contribution in [-0.4, -0.2) is 29.1 Å². The second-order valence-electron chi connectivity index (χ2n) is 6.04. The number of ether oxygens (including phenoxy) is 1. The Morgan fingerprint density at radius 1 is 1.17 bits per heavy atom. The van der Waals surface area contributed by atoms with Gasteiger partial charge in [0.25, 0.3) is 0 Å². The van der Waals surface area contributed by atoms with Crippen molar-refractivity contribution >= 4 is 26.5 Å². The summed E-state index contributed by atoms with van der Waals surface area (Å²) >= 11 is 1.73. The number of aromatic nitrogens is 2. The smallest absolute Gasteiger partial charge is 0.195 e. The average Bonchev–Trinajstić information content (AvgIpc) is 3.20. The van der Waals surface area contributed by atoms with Gasteiger partial charge in [-0.2, -0.15) is 0 Å². The third-order valence-corrected chi connectivity index (χ3v) is 5.50. The molecule has 1 N–H and O–H groups in total. The van der Waals surface area contributed by atoms with Crippen molar-refractivity contribution in [2.75, 3.05) is 19.7 Å². The third kappa shape index (κ3) is 2.33. The number of rotatable bonds is 2. The van der Waals surface area contributed by atoms with Crippen LogP contribution in [0, 0.1) is 0 Å². The number of thiazole rings is 1. The van der Waals surface area contributed by atoms with Crippen molar-refractivity contribution in [1.29, 1.82) is 0 Å². The van der Waals surface area contributed by atoms with Gasteiger partial charge in [-0.05, 0) is 17.7 Å². The van der Waals surface area contributed by atoms with Crippen LogP contribution < -0.4 is 5.32 Å². The van der Waals surface area contributed by atoms with Gasteiger partial charge in [0.15, 0.2) is 4.96 Å². The van der Waals surface area contributed by atoms with Crippen molar-refractivity contribution in [1.82, 2.24) is 14.7 Å². The topological polar surface area (TPSA) is 38.6 Å². The summed E-state index contributed by atoms with van der Waals surface area (Å²) in [6, 6.07) is 16.9. The summed E-state index contributed by atoms with van der Waals surface area (Å²) in [7, 11) is 0. The van der Waals surface area contributed by atoms with E-state index in [-0.39, 0.29) is 6.10 Å². The van der Waals surface area contributed by atoms with Crippen LogP contribution in [0.15, 0.2) is 54.7 Å². The highest BCUT2D eigenvalue weighted by atomic mass is 32.1. The van der Waals surface area contributed by atoms with Gasteiger partial charge in [-0.25, -0.2) is 4.98 Å². The van der Waals surface area contributed by atoms with E-state index in [1.807, 2.05) is 18.2 Å². The molecule has 2 aromatic carbocycles. The van der Waals surface area contributed by atoms with E-state index < -0.39 is 0 Å². The van der Waals surface area contributed by atoms with Crippen molar-refractivity contribution in [2.45, 2.75) is 6.10 Å². The van der Waals surface area contributed by atoms with Crippen molar-refractivity contribution in [2.24, 2.45) is 0 Å². The molecule has 1 atom stereocenters. The molecule has 1 unspecified atom stereocenters. The predicted octanol–water partition coefficient (Wildman–Crippen LogP) is 3.88. The monoisotopic (exact) mass is 335 g/mol. The van der Waals surface area contributed by atoms with E-state index in [9.17, 15) is 0 Å². The van der Waals surface area contributed by atoms with Gasteiger partial charge in [-0.3, -0.25) is 4.40 Å². The zero-order chi connectivity index (χ0) is 15.9. The van der Waals surface area contributed by atoms with Gasteiger partial charge in [-0.15, -0.1) is 0 Å². The Hall–Kier alpha value is -2.21. The number of hydrogen-bond donors (Lipinski definition) is 1. The maximum Gasteiger partial charge on any atom is 0.195 e. The van der Waals surface area contributed by atoms with Crippen LogP contribution in [0.5, 0.6) is 0 Å². The summed E-state index contributed by atoms with van der Waals surface area (Å²) in [6.45, 7) is 2.59. The van der Waals surface area contributed by atoms with E-state index in [0.717, 1.165) is 35.9 Å². The Labute approximate surface area is 143 Å².